The fourth-order valence-corrected chi connectivity index (χ4v) is 4.03. The molecule has 0 unspecified atom stereocenters. The van der Waals surface area contributed by atoms with E-state index in [1.165, 1.54) is 30.6 Å². The molecule has 0 saturated carbocycles. The molecule has 1 saturated heterocycles. The number of aromatic nitrogens is 2. The van der Waals surface area contributed by atoms with Crippen LogP contribution >= 0.6 is 0 Å². The molecule has 1 aliphatic rings. The lowest BCUT2D eigenvalue weighted by molar-refractivity contribution is -0.137. The summed E-state index contributed by atoms with van der Waals surface area (Å²) in [6, 6.07) is 7.28. The number of nitrogens with zero attached hydrogens (tertiary/aromatic N) is 4. The molecule has 184 valence electrons. The van der Waals surface area contributed by atoms with Crippen molar-refractivity contribution >= 4 is 23.2 Å². The molecule has 2 heterocycles. The number of carbonyl (C=O) groups is 1. The van der Waals surface area contributed by atoms with E-state index in [1.807, 2.05) is 23.9 Å². The molecule has 3 aromatic rings. The molecule has 1 aromatic heterocycles. The van der Waals surface area contributed by atoms with Crippen molar-refractivity contribution in [2.24, 2.45) is 0 Å². The van der Waals surface area contributed by atoms with E-state index in [0.29, 0.717) is 29.9 Å². The van der Waals surface area contributed by atoms with Gasteiger partial charge in [0.15, 0.2) is 0 Å². The predicted octanol–water partition coefficient (Wildman–Crippen LogP) is 4.28. The van der Waals surface area contributed by atoms with Gasteiger partial charge in [0.05, 0.1) is 22.5 Å². The summed E-state index contributed by atoms with van der Waals surface area (Å²) in [5.74, 6) is -1.63. The number of carbonyl (C=O) groups excluding carboxylic acids is 1. The summed E-state index contributed by atoms with van der Waals surface area (Å²) in [6.07, 6.45) is -0.926. The number of halogens is 4. The van der Waals surface area contributed by atoms with Gasteiger partial charge in [0.25, 0.3) is 5.91 Å². The van der Waals surface area contributed by atoms with E-state index < -0.39 is 23.5 Å². The Morgan fingerprint density at radius 2 is 1.83 bits per heavy atom. The fraction of sp³-hybridized carbons (Fsp3) is 0.292. The van der Waals surface area contributed by atoms with Crippen molar-refractivity contribution in [3.63, 3.8) is 0 Å². The maximum absolute atomic E-state index is 14.6. The Morgan fingerprint density at radius 1 is 1.11 bits per heavy atom. The Labute approximate surface area is 199 Å². The number of benzene rings is 2. The van der Waals surface area contributed by atoms with Crippen LogP contribution in [-0.4, -0.2) is 54.0 Å². The number of nitrogen functional groups attached to an aromatic ring is 1. The van der Waals surface area contributed by atoms with Gasteiger partial charge >= 0.3 is 6.18 Å². The number of rotatable bonds is 5. The van der Waals surface area contributed by atoms with Crippen molar-refractivity contribution in [3.05, 3.63) is 65.7 Å². The topological polar surface area (TPSA) is 87.4 Å². The van der Waals surface area contributed by atoms with Gasteiger partial charge < -0.3 is 20.9 Å². The minimum Gasteiger partial charge on any atom is -0.368 e. The molecule has 7 nitrogen and oxygen atoms in total. The van der Waals surface area contributed by atoms with Gasteiger partial charge in [-0.25, -0.2) is 14.4 Å². The highest BCUT2D eigenvalue weighted by molar-refractivity contribution is 6.06. The summed E-state index contributed by atoms with van der Waals surface area (Å²) < 4.78 is 54.9. The lowest BCUT2D eigenvalue weighted by atomic mass is 10.0. The average Bonchev–Trinajstić information content (AvgIpc) is 3.30. The van der Waals surface area contributed by atoms with Crippen LogP contribution in [0.1, 0.15) is 22.3 Å². The van der Waals surface area contributed by atoms with Gasteiger partial charge in [-0.3, -0.25) is 4.79 Å². The Morgan fingerprint density at radius 3 is 2.46 bits per heavy atom. The number of hydrogen-bond acceptors (Lipinski definition) is 6. The minimum atomic E-state index is -4.60. The van der Waals surface area contributed by atoms with Crippen LogP contribution in [0.5, 0.6) is 0 Å². The molecule has 11 heteroatoms. The van der Waals surface area contributed by atoms with E-state index >= 15 is 0 Å². The zero-order valence-corrected chi connectivity index (χ0v) is 19.1. The summed E-state index contributed by atoms with van der Waals surface area (Å²) in [4.78, 5) is 24.8. The van der Waals surface area contributed by atoms with E-state index in [9.17, 15) is 22.4 Å². The standard InChI is InChI=1S/C24H24F4N6O/c1-33(2)17-7-8-34(13-17)21-6-4-16(24(26,27)28)10-20(21)32-22(35)18-9-14(3-5-19(18)25)15-11-30-23(29)31-12-15/h3-6,9-12,17H,7-8,13H2,1-2H3,(H,32,35)(H2,29,30,31)/t17-/m1/s1. The largest absolute Gasteiger partial charge is 0.416 e. The summed E-state index contributed by atoms with van der Waals surface area (Å²) in [7, 11) is 3.87. The maximum atomic E-state index is 14.6. The van der Waals surface area contributed by atoms with Crippen LogP contribution in [0.4, 0.5) is 34.9 Å². The predicted molar refractivity (Wildman–Crippen MR) is 126 cm³/mol. The quantitative estimate of drug-likeness (QED) is 0.522. The molecular weight excluding hydrogens is 464 g/mol. The second-order valence-corrected chi connectivity index (χ2v) is 8.56. The molecule has 0 radical (unpaired) electrons. The number of nitrogens with two attached hydrogens (primary N) is 1. The SMILES string of the molecule is CN(C)[C@@H]1CCN(c2ccc(C(F)(F)F)cc2NC(=O)c2cc(-c3cnc(N)nc3)ccc2F)C1. The molecule has 0 spiro atoms. The van der Waals surface area contributed by atoms with Gasteiger partial charge in [-0.2, -0.15) is 13.2 Å². The van der Waals surface area contributed by atoms with Crippen molar-refractivity contribution in [2.75, 3.05) is 43.1 Å². The van der Waals surface area contributed by atoms with Crippen LogP contribution in [0, 0.1) is 5.82 Å². The van der Waals surface area contributed by atoms with Gasteiger partial charge in [-0.1, -0.05) is 6.07 Å². The zero-order chi connectivity index (χ0) is 25.3. The Kier molecular flexibility index (Phi) is 6.62. The first-order valence-corrected chi connectivity index (χ1v) is 10.8. The summed E-state index contributed by atoms with van der Waals surface area (Å²) >= 11 is 0. The number of anilines is 3. The summed E-state index contributed by atoms with van der Waals surface area (Å²) in [6.45, 7) is 1.19. The molecule has 3 N–H and O–H groups in total. The lowest BCUT2D eigenvalue weighted by Gasteiger charge is -2.25. The average molecular weight is 488 g/mol. The Bertz CT molecular complexity index is 1230. The molecule has 0 bridgehead atoms. The van der Waals surface area contributed by atoms with Crippen LogP contribution in [0.25, 0.3) is 11.1 Å². The van der Waals surface area contributed by atoms with Crippen molar-refractivity contribution in [3.8, 4) is 11.1 Å². The van der Waals surface area contributed by atoms with Gasteiger partial charge in [-0.15, -0.1) is 0 Å². The van der Waals surface area contributed by atoms with Crippen LogP contribution in [0.15, 0.2) is 48.8 Å². The molecule has 1 amide bonds. The molecule has 4 rings (SSSR count). The molecule has 1 aliphatic heterocycles. The third kappa shape index (κ3) is 5.35. The van der Waals surface area contributed by atoms with E-state index in [-0.39, 0.29) is 23.2 Å². The van der Waals surface area contributed by atoms with Crippen LogP contribution < -0.4 is 16.0 Å². The molecule has 2 aromatic carbocycles. The smallest absolute Gasteiger partial charge is 0.368 e. The number of hydrogen-bond donors (Lipinski definition) is 2. The van der Waals surface area contributed by atoms with Gasteiger partial charge in [0, 0.05) is 37.1 Å². The minimum absolute atomic E-state index is 0.0372. The van der Waals surface area contributed by atoms with Crippen molar-refractivity contribution in [2.45, 2.75) is 18.6 Å². The Hall–Kier alpha value is -3.73. The highest BCUT2D eigenvalue weighted by Gasteiger charge is 2.33. The van der Waals surface area contributed by atoms with E-state index in [4.69, 9.17) is 5.73 Å². The summed E-state index contributed by atoms with van der Waals surface area (Å²) in [5.41, 5.74) is 5.62. The molecular formula is C24H24F4N6O. The first kappa shape index (κ1) is 24.4. The van der Waals surface area contributed by atoms with Crippen molar-refractivity contribution < 1.29 is 22.4 Å². The monoisotopic (exact) mass is 488 g/mol. The second-order valence-electron chi connectivity index (χ2n) is 8.56. The number of alkyl halides is 3. The van der Waals surface area contributed by atoms with E-state index in [2.05, 4.69) is 15.3 Å². The Balaban J connectivity index is 1.67. The van der Waals surface area contributed by atoms with Gasteiger partial charge in [-0.05, 0) is 56.4 Å². The van der Waals surface area contributed by atoms with Crippen molar-refractivity contribution in [1.82, 2.24) is 14.9 Å². The molecule has 0 aliphatic carbocycles. The van der Waals surface area contributed by atoms with Crippen LogP contribution in [-0.2, 0) is 6.18 Å². The maximum Gasteiger partial charge on any atom is 0.416 e. The third-order valence-corrected chi connectivity index (χ3v) is 6.02. The normalized spacial score (nSPS) is 16.1. The van der Waals surface area contributed by atoms with E-state index in [1.54, 1.807) is 0 Å². The first-order valence-electron chi connectivity index (χ1n) is 10.8. The fourth-order valence-electron chi connectivity index (χ4n) is 4.03. The third-order valence-electron chi connectivity index (χ3n) is 6.02. The number of amides is 1. The first-order chi connectivity index (χ1) is 16.5. The lowest BCUT2D eigenvalue weighted by Crippen LogP contribution is -2.31. The van der Waals surface area contributed by atoms with Crippen LogP contribution in [0.2, 0.25) is 0 Å². The van der Waals surface area contributed by atoms with E-state index in [0.717, 1.165) is 24.6 Å². The van der Waals surface area contributed by atoms with Gasteiger partial charge in [0.1, 0.15) is 5.82 Å². The molecule has 1 fully saturated rings. The second kappa shape index (κ2) is 9.49. The highest BCUT2D eigenvalue weighted by atomic mass is 19.4. The van der Waals surface area contributed by atoms with Crippen LogP contribution in [0.3, 0.4) is 0 Å². The number of likely N-dealkylation sites (N-methyl/N-ethyl adjacent to an activating group) is 1. The summed E-state index contributed by atoms with van der Waals surface area (Å²) in [5, 5.41) is 2.50. The molecule has 1 atom stereocenters. The number of nitrogens with one attached hydrogen (secondary N) is 1. The highest BCUT2D eigenvalue weighted by Crippen LogP contribution is 2.37. The zero-order valence-electron chi connectivity index (χ0n) is 19.1. The molecule has 35 heavy (non-hydrogen) atoms. The van der Waals surface area contributed by atoms with Gasteiger partial charge in [0.2, 0.25) is 5.95 Å². The van der Waals surface area contributed by atoms with Crippen molar-refractivity contribution in [1.29, 1.82) is 0 Å².